The zero-order valence-electron chi connectivity index (χ0n) is 5.85. The Kier molecular flexibility index (Phi) is 2.01. The fourth-order valence-electron chi connectivity index (χ4n) is 0.982. The highest BCUT2D eigenvalue weighted by Gasteiger charge is 2.38. The molecule has 1 aliphatic rings. The third-order valence-electron chi connectivity index (χ3n) is 1.32. The monoisotopic (exact) mass is 152 g/mol. The maximum atomic E-state index is 13.0. The van der Waals surface area contributed by atoms with Crippen molar-refractivity contribution in [2.24, 2.45) is 0 Å². The molecule has 0 spiro atoms. The summed E-state index contributed by atoms with van der Waals surface area (Å²) in [6.45, 7) is 0.654. The van der Waals surface area contributed by atoms with Crippen LogP contribution < -0.4 is 0 Å². The van der Waals surface area contributed by atoms with Crippen molar-refractivity contribution in [2.75, 3.05) is 31.5 Å². The largest absolute Gasteiger partial charge is 0.375 e. The van der Waals surface area contributed by atoms with E-state index >= 15 is 0 Å². The van der Waals surface area contributed by atoms with Gasteiger partial charge in [0.25, 0.3) is 0 Å². The van der Waals surface area contributed by atoms with Gasteiger partial charge in [-0.15, -0.1) is 0 Å². The Morgan fingerprint density at radius 1 is 1.56 bits per heavy atom. The molecular weight excluding hydrogens is 139 g/mol. The maximum absolute atomic E-state index is 13.0. The molecule has 0 aromatic rings. The predicted molar refractivity (Wildman–Crippen MR) is 40.4 cm³/mol. The number of alkyl halides is 1. The second kappa shape index (κ2) is 2.46. The van der Waals surface area contributed by atoms with Crippen LogP contribution in [0, 0.1) is 0 Å². The van der Waals surface area contributed by atoms with Crippen LogP contribution in [0.3, 0.4) is 0 Å². The van der Waals surface area contributed by atoms with Gasteiger partial charge >= 0.3 is 0 Å². The standard InChI is InChI=1S/C6H13FOS/c1-9(2)5-6(7)3-8-4-6/h9H,3-5H2,1-2H3. The molecule has 0 aromatic heterocycles. The van der Waals surface area contributed by atoms with E-state index in [1.165, 1.54) is 0 Å². The van der Waals surface area contributed by atoms with E-state index in [2.05, 4.69) is 12.5 Å². The predicted octanol–water partition coefficient (Wildman–Crippen LogP) is 0.986. The molecule has 56 valence electrons. The van der Waals surface area contributed by atoms with Crippen molar-refractivity contribution in [1.82, 2.24) is 0 Å². The van der Waals surface area contributed by atoms with Gasteiger partial charge in [-0.25, -0.2) is 4.39 Å². The summed E-state index contributed by atoms with van der Waals surface area (Å²) < 4.78 is 17.8. The minimum atomic E-state index is -0.949. The lowest BCUT2D eigenvalue weighted by atomic mass is 10.1. The molecule has 0 atom stereocenters. The second-order valence-corrected chi connectivity index (χ2v) is 5.36. The molecule has 9 heavy (non-hydrogen) atoms. The van der Waals surface area contributed by atoms with E-state index in [0.29, 0.717) is 19.0 Å². The van der Waals surface area contributed by atoms with Gasteiger partial charge in [0, 0.05) is 5.75 Å². The number of rotatable bonds is 2. The number of hydrogen-bond donors (Lipinski definition) is 1. The summed E-state index contributed by atoms with van der Waals surface area (Å²) in [6, 6.07) is 0. The molecule has 1 aliphatic heterocycles. The molecule has 0 saturated carbocycles. The first-order valence-electron chi connectivity index (χ1n) is 3.04. The van der Waals surface area contributed by atoms with Crippen LogP contribution in [0.15, 0.2) is 0 Å². The molecule has 0 bridgehead atoms. The summed E-state index contributed by atoms with van der Waals surface area (Å²) in [5.74, 6) is 0.711. The third kappa shape index (κ3) is 1.83. The van der Waals surface area contributed by atoms with Crippen molar-refractivity contribution >= 4 is 10.9 Å². The van der Waals surface area contributed by atoms with Crippen molar-refractivity contribution in [3.05, 3.63) is 0 Å². The zero-order chi connectivity index (χ0) is 6.91. The van der Waals surface area contributed by atoms with Crippen molar-refractivity contribution in [3.63, 3.8) is 0 Å². The fourth-order valence-corrected chi connectivity index (χ4v) is 2.30. The van der Waals surface area contributed by atoms with Gasteiger partial charge in [0.2, 0.25) is 0 Å². The smallest absolute Gasteiger partial charge is 0.164 e. The number of thiol groups is 1. The number of ether oxygens (including phenoxy) is 1. The van der Waals surface area contributed by atoms with Gasteiger partial charge in [-0.3, -0.25) is 10.9 Å². The highest BCUT2D eigenvalue weighted by atomic mass is 32.2. The van der Waals surface area contributed by atoms with E-state index < -0.39 is 5.67 Å². The SMILES string of the molecule is C[SH](C)CC1(F)COC1. The van der Waals surface area contributed by atoms with Gasteiger partial charge in [-0.05, 0) is 12.5 Å². The average Bonchev–Trinajstić information content (AvgIpc) is 1.60. The zero-order valence-corrected chi connectivity index (χ0v) is 6.75. The summed E-state index contributed by atoms with van der Waals surface area (Å²) >= 11 is 0. The topological polar surface area (TPSA) is 9.23 Å². The Balaban J connectivity index is 2.24. The van der Waals surface area contributed by atoms with E-state index in [1.54, 1.807) is 0 Å². The highest BCUT2D eigenvalue weighted by molar-refractivity contribution is 8.15. The van der Waals surface area contributed by atoms with Gasteiger partial charge in [-0.1, -0.05) is 0 Å². The Morgan fingerprint density at radius 2 is 2.11 bits per heavy atom. The van der Waals surface area contributed by atoms with Crippen LogP contribution in [0.5, 0.6) is 0 Å². The molecule has 1 fully saturated rings. The molecule has 0 aromatic carbocycles. The summed E-state index contributed by atoms with van der Waals surface area (Å²) in [5.41, 5.74) is -0.949. The van der Waals surface area contributed by atoms with Crippen LogP contribution >= 0.6 is 10.9 Å². The second-order valence-electron chi connectivity index (χ2n) is 2.88. The summed E-state index contributed by atoms with van der Waals surface area (Å²) in [7, 11) is -0.0981. The minimum Gasteiger partial charge on any atom is -0.375 e. The molecule has 1 heterocycles. The summed E-state index contributed by atoms with van der Waals surface area (Å²) in [5, 5.41) is 0. The van der Waals surface area contributed by atoms with E-state index in [1.807, 2.05) is 0 Å². The molecule has 1 nitrogen and oxygen atoms in total. The van der Waals surface area contributed by atoms with Gasteiger partial charge < -0.3 is 4.74 Å². The van der Waals surface area contributed by atoms with Gasteiger partial charge in [0.15, 0.2) is 5.67 Å². The summed E-state index contributed by atoms with van der Waals surface area (Å²) in [4.78, 5) is 0. The van der Waals surface area contributed by atoms with Crippen molar-refractivity contribution in [1.29, 1.82) is 0 Å². The first-order valence-corrected chi connectivity index (χ1v) is 5.46. The van der Waals surface area contributed by atoms with Crippen LogP contribution in [-0.2, 0) is 4.74 Å². The lowest BCUT2D eigenvalue weighted by Crippen LogP contribution is -2.48. The Bertz CT molecular complexity index is 101. The molecule has 0 radical (unpaired) electrons. The Labute approximate surface area is 57.9 Å². The number of hydrogen-bond acceptors (Lipinski definition) is 1. The van der Waals surface area contributed by atoms with E-state index in [0.717, 1.165) is 0 Å². The molecule has 0 amide bonds. The quantitative estimate of drug-likeness (QED) is 0.580. The Morgan fingerprint density at radius 3 is 2.22 bits per heavy atom. The molecule has 1 saturated heterocycles. The fraction of sp³-hybridized carbons (Fsp3) is 1.00. The van der Waals surface area contributed by atoms with Crippen LogP contribution in [0.4, 0.5) is 4.39 Å². The van der Waals surface area contributed by atoms with E-state index in [-0.39, 0.29) is 10.9 Å². The molecule has 0 unspecified atom stereocenters. The molecular formula is C6H13FOS. The summed E-state index contributed by atoms with van der Waals surface area (Å²) in [6.07, 6.45) is 4.18. The van der Waals surface area contributed by atoms with Gasteiger partial charge in [0.1, 0.15) is 0 Å². The normalized spacial score (nSPS) is 25.0. The van der Waals surface area contributed by atoms with Gasteiger partial charge in [-0.2, -0.15) is 0 Å². The van der Waals surface area contributed by atoms with Crippen LogP contribution in [0.2, 0.25) is 0 Å². The average molecular weight is 152 g/mol. The minimum absolute atomic E-state index is 0.0981. The van der Waals surface area contributed by atoms with Crippen molar-refractivity contribution in [3.8, 4) is 0 Å². The molecule has 3 heteroatoms. The Hall–Kier alpha value is 0.240. The van der Waals surface area contributed by atoms with Crippen LogP contribution in [0.25, 0.3) is 0 Å². The maximum Gasteiger partial charge on any atom is 0.164 e. The van der Waals surface area contributed by atoms with E-state index in [4.69, 9.17) is 4.74 Å². The molecule has 0 N–H and O–H groups in total. The van der Waals surface area contributed by atoms with Crippen molar-refractivity contribution in [2.45, 2.75) is 5.67 Å². The first-order chi connectivity index (χ1) is 4.12. The highest BCUT2D eigenvalue weighted by Crippen LogP contribution is 2.30. The molecule has 0 aliphatic carbocycles. The van der Waals surface area contributed by atoms with Crippen LogP contribution in [-0.4, -0.2) is 37.1 Å². The van der Waals surface area contributed by atoms with E-state index in [9.17, 15) is 4.39 Å². The number of halogens is 1. The molecule has 1 rings (SSSR count). The first kappa shape index (κ1) is 7.35. The van der Waals surface area contributed by atoms with Gasteiger partial charge in [0.05, 0.1) is 13.2 Å². The third-order valence-corrected chi connectivity index (χ3v) is 2.52. The van der Waals surface area contributed by atoms with Crippen molar-refractivity contribution < 1.29 is 9.13 Å². The van der Waals surface area contributed by atoms with Crippen LogP contribution in [0.1, 0.15) is 0 Å². The lowest BCUT2D eigenvalue weighted by Gasteiger charge is -2.35. The lowest BCUT2D eigenvalue weighted by molar-refractivity contribution is -0.115.